The molecule has 13 heteroatoms. The predicted molar refractivity (Wildman–Crippen MR) is 177 cm³/mol. The minimum absolute atomic E-state index is 0.0219. The lowest BCUT2D eigenvalue weighted by Crippen LogP contribution is -2.51. The molecule has 0 aliphatic carbocycles. The van der Waals surface area contributed by atoms with Gasteiger partial charge in [-0.25, -0.2) is 27.7 Å². The summed E-state index contributed by atoms with van der Waals surface area (Å²) in [5, 5.41) is 12.6. The molecule has 1 aromatic heterocycles. The van der Waals surface area contributed by atoms with Crippen molar-refractivity contribution in [3.05, 3.63) is 77.8 Å². The van der Waals surface area contributed by atoms with Crippen LogP contribution in [0.25, 0.3) is 11.3 Å². The highest BCUT2D eigenvalue weighted by Crippen LogP contribution is 2.38. The highest BCUT2D eigenvalue weighted by atomic mass is 19.1. The molecule has 5 rings (SSSR count). The Morgan fingerprint density at radius 2 is 1.84 bits per heavy atom. The number of benzene rings is 2. The summed E-state index contributed by atoms with van der Waals surface area (Å²) in [6.45, 7) is 7.45. The minimum Gasteiger partial charge on any atom is -0.444 e. The number of rotatable bonds is 10. The molecule has 0 bridgehead atoms. The Kier molecular flexibility index (Phi) is 11.5. The summed E-state index contributed by atoms with van der Waals surface area (Å²) in [4.78, 5) is 34.9. The molecule has 2 N–H and O–H groups in total. The van der Waals surface area contributed by atoms with Gasteiger partial charge in [-0.2, -0.15) is 0 Å². The Hall–Kier alpha value is -4.10. The molecule has 2 fully saturated rings. The number of nitrogens with zero attached hydrogens (tertiary/aromatic N) is 4. The first-order valence-electron chi connectivity index (χ1n) is 16.8. The predicted octanol–water partition coefficient (Wildman–Crippen LogP) is 5.94. The quantitative estimate of drug-likeness (QED) is 0.274. The molecular weight excluding hydrogens is 639 g/mol. The van der Waals surface area contributed by atoms with E-state index in [2.05, 4.69) is 5.32 Å². The SMILES string of the molecule is CC(CO)NC(=O)N(C[C@@H]1CN(C(=O)OC(C)(C)C)C[C@@H]1F)[C@@H](c1nc(-c2cc(F)ccc2F)cn1Cc1ccccc1)C1CCOCC1. The van der Waals surface area contributed by atoms with Crippen molar-refractivity contribution < 1.29 is 37.3 Å². The first-order chi connectivity index (χ1) is 23.3. The van der Waals surface area contributed by atoms with E-state index in [-0.39, 0.29) is 43.4 Å². The van der Waals surface area contributed by atoms with E-state index < -0.39 is 53.5 Å². The van der Waals surface area contributed by atoms with E-state index in [4.69, 9.17) is 14.5 Å². The summed E-state index contributed by atoms with van der Waals surface area (Å²) in [6.07, 6.45) is 0.675. The molecule has 2 saturated heterocycles. The van der Waals surface area contributed by atoms with Gasteiger partial charge < -0.3 is 34.3 Å². The highest BCUT2D eigenvalue weighted by Gasteiger charge is 2.43. The van der Waals surface area contributed by atoms with E-state index in [1.54, 1.807) is 33.9 Å². The zero-order valence-electron chi connectivity index (χ0n) is 28.4. The molecule has 1 unspecified atom stereocenters. The van der Waals surface area contributed by atoms with Gasteiger partial charge in [-0.15, -0.1) is 0 Å². The largest absolute Gasteiger partial charge is 0.444 e. The van der Waals surface area contributed by atoms with Gasteiger partial charge in [-0.3, -0.25) is 0 Å². The molecule has 3 aromatic rings. The second-order valence-electron chi connectivity index (χ2n) is 14.0. The number of nitrogens with one attached hydrogen (secondary N) is 1. The van der Waals surface area contributed by atoms with E-state index in [1.165, 1.54) is 9.80 Å². The summed E-state index contributed by atoms with van der Waals surface area (Å²) in [7, 11) is 0. The molecule has 3 amide bonds. The van der Waals surface area contributed by atoms with Gasteiger partial charge in [0, 0.05) is 50.5 Å². The van der Waals surface area contributed by atoms with E-state index >= 15 is 8.78 Å². The Bertz CT molecular complexity index is 1580. The molecule has 4 atom stereocenters. The summed E-state index contributed by atoms with van der Waals surface area (Å²) < 4.78 is 58.4. The molecule has 0 saturated carbocycles. The van der Waals surface area contributed by atoms with Crippen molar-refractivity contribution in [1.82, 2.24) is 24.7 Å². The molecule has 49 heavy (non-hydrogen) atoms. The number of hydrogen-bond donors (Lipinski definition) is 2. The van der Waals surface area contributed by atoms with Gasteiger partial charge in [0.1, 0.15) is 29.2 Å². The van der Waals surface area contributed by atoms with E-state index in [0.717, 1.165) is 23.8 Å². The van der Waals surface area contributed by atoms with Crippen LogP contribution >= 0.6 is 0 Å². The number of amides is 3. The van der Waals surface area contributed by atoms with Crippen molar-refractivity contribution in [2.45, 2.75) is 70.9 Å². The smallest absolute Gasteiger partial charge is 0.410 e. The topological polar surface area (TPSA) is 109 Å². The Labute approximate surface area is 285 Å². The van der Waals surface area contributed by atoms with Crippen molar-refractivity contribution in [2.75, 3.05) is 39.5 Å². The fourth-order valence-corrected chi connectivity index (χ4v) is 6.43. The van der Waals surface area contributed by atoms with Crippen LogP contribution in [0.3, 0.4) is 0 Å². The van der Waals surface area contributed by atoms with Gasteiger partial charge in [-0.1, -0.05) is 30.3 Å². The van der Waals surface area contributed by atoms with Crippen LogP contribution in [0.15, 0.2) is 54.7 Å². The Balaban J connectivity index is 1.60. The van der Waals surface area contributed by atoms with Crippen LogP contribution in [0.4, 0.5) is 22.8 Å². The fraction of sp³-hybridized carbons (Fsp3) is 0.528. The number of urea groups is 1. The minimum atomic E-state index is -1.45. The van der Waals surface area contributed by atoms with Crippen LogP contribution in [0.5, 0.6) is 0 Å². The van der Waals surface area contributed by atoms with E-state index in [1.807, 2.05) is 34.9 Å². The second-order valence-corrected chi connectivity index (χ2v) is 14.0. The van der Waals surface area contributed by atoms with E-state index in [9.17, 15) is 19.1 Å². The molecule has 0 spiro atoms. The van der Waals surface area contributed by atoms with Crippen LogP contribution in [-0.4, -0.2) is 93.9 Å². The van der Waals surface area contributed by atoms with Crippen LogP contribution in [-0.2, 0) is 16.0 Å². The van der Waals surface area contributed by atoms with E-state index in [0.29, 0.717) is 38.4 Å². The number of alkyl halides is 1. The van der Waals surface area contributed by atoms with Gasteiger partial charge in [0.25, 0.3) is 0 Å². The molecule has 10 nitrogen and oxygen atoms in total. The van der Waals surface area contributed by atoms with Gasteiger partial charge in [0.05, 0.1) is 30.9 Å². The summed E-state index contributed by atoms with van der Waals surface area (Å²) in [5.74, 6) is -1.83. The third-order valence-corrected chi connectivity index (χ3v) is 8.87. The van der Waals surface area contributed by atoms with Gasteiger partial charge in [0.2, 0.25) is 0 Å². The summed E-state index contributed by atoms with van der Waals surface area (Å²) in [5.41, 5.74) is 0.298. The maximum atomic E-state index is 15.8. The lowest BCUT2D eigenvalue weighted by Gasteiger charge is -2.40. The lowest BCUT2D eigenvalue weighted by molar-refractivity contribution is 0.0234. The Morgan fingerprint density at radius 1 is 1.12 bits per heavy atom. The Morgan fingerprint density at radius 3 is 2.51 bits per heavy atom. The number of imidazole rings is 1. The third kappa shape index (κ3) is 9.13. The molecule has 2 aliphatic rings. The average molecular weight is 686 g/mol. The number of carbonyl (C=O) groups excluding carboxylic acids is 2. The van der Waals surface area contributed by atoms with Gasteiger partial charge in [-0.05, 0) is 70.2 Å². The number of hydrogen-bond acceptors (Lipinski definition) is 6. The summed E-state index contributed by atoms with van der Waals surface area (Å²) >= 11 is 0. The van der Waals surface area contributed by atoms with Crippen molar-refractivity contribution in [3.63, 3.8) is 0 Å². The number of likely N-dealkylation sites (tertiary alicyclic amines) is 1. The number of halogens is 3. The zero-order valence-corrected chi connectivity index (χ0v) is 28.4. The first-order valence-corrected chi connectivity index (χ1v) is 16.8. The summed E-state index contributed by atoms with van der Waals surface area (Å²) in [6, 6.07) is 10.8. The maximum Gasteiger partial charge on any atom is 0.410 e. The van der Waals surface area contributed by atoms with Crippen molar-refractivity contribution in [2.24, 2.45) is 11.8 Å². The van der Waals surface area contributed by atoms with Crippen molar-refractivity contribution in [1.29, 1.82) is 0 Å². The number of aromatic nitrogens is 2. The van der Waals surface area contributed by atoms with Crippen LogP contribution in [0.1, 0.15) is 58.0 Å². The lowest BCUT2D eigenvalue weighted by atomic mass is 9.89. The van der Waals surface area contributed by atoms with Gasteiger partial charge in [0.15, 0.2) is 0 Å². The number of carbonyl (C=O) groups is 2. The number of aliphatic hydroxyl groups excluding tert-OH is 1. The molecule has 266 valence electrons. The highest BCUT2D eigenvalue weighted by molar-refractivity contribution is 5.75. The fourth-order valence-electron chi connectivity index (χ4n) is 6.43. The zero-order chi connectivity index (χ0) is 35.3. The second kappa shape index (κ2) is 15.6. The van der Waals surface area contributed by atoms with Crippen molar-refractivity contribution >= 4 is 12.1 Å². The molecule has 3 heterocycles. The maximum absolute atomic E-state index is 15.8. The molecular formula is C36H46F3N5O5. The first kappa shape index (κ1) is 36.2. The van der Waals surface area contributed by atoms with Gasteiger partial charge >= 0.3 is 12.1 Å². The molecule has 2 aliphatic heterocycles. The standard InChI is InChI=1S/C36H46F3N5O5/c1-23(22-45)40-34(46)44(19-26-18-43(20-30(26)39)35(47)49-36(2,3)4)32(25-12-14-48-15-13-25)33-41-31(28-16-27(37)10-11-29(28)38)21-42(33)17-24-8-6-5-7-9-24/h5-11,16,21,23,25-26,30,32,45H,12-15,17-20,22H2,1-4H3,(H,40,46)/t23?,26-,30-,32+/m0/s1. The number of aliphatic hydroxyl groups is 1. The monoisotopic (exact) mass is 685 g/mol. The third-order valence-electron chi connectivity index (χ3n) is 8.87. The van der Waals surface area contributed by atoms with Crippen LogP contribution < -0.4 is 5.32 Å². The molecule has 2 aromatic carbocycles. The number of ether oxygens (including phenoxy) is 2. The van der Waals surface area contributed by atoms with Crippen molar-refractivity contribution in [3.8, 4) is 11.3 Å². The molecule has 0 radical (unpaired) electrons. The van der Waals surface area contributed by atoms with Crippen LogP contribution in [0.2, 0.25) is 0 Å². The van der Waals surface area contributed by atoms with Crippen LogP contribution in [0, 0.1) is 23.5 Å². The average Bonchev–Trinajstić information content (AvgIpc) is 3.64. The normalized spacial score (nSPS) is 19.8.